The van der Waals surface area contributed by atoms with Gasteiger partial charge in [0.15, 0.2) is 8.32 Å². The molecule has 6 nitrogen and oxygen atoms in total. The SMILES string of the molecule is CO[C@@H](C[C@@H](C)COC(=O)C(C)(C)C)[C@@H](OCc1ccccc1)[C@H](C[C@@H](C)CO[Si](C)(C)C(C)(C)C)OC. The summed E-state index contributed by atoms with van der Waals surface area (Å²) >= 11 is 0. The fourth-order valence-corrected chi connectivity index (χ4v) is 5.01. The first-order valence-corrected chi connectivity index (χ1v) is 16.9. The van der Waals surface area contributed by atoms with Gasteiger partial charge in [-0.05, 0) is 69.1 Å². The van der Waals surface area contributed by atoms with Gasteiger partial charge in [-0.25, -0.2) is 0 Å². The van der Waals surface area contributed by atoms with Gasteiger partial charge in [0.25, 0.3) is 0 Å². The van der Waals surface area contributed by atoms with E-state index in [1.54, 1.807) is 14.2 Å². The van der Waals surface area contributed by atoms with E-state index in [-0.39, 0.29) is 35.2 Å². The third-order valence-corrected chi connectivity index (χ3v) is 12.0. The summed E-state index contributed by atoms with van der Waals surface area (Å²) < 4.78 is 30.7. The zero-order valence-electron chi connectivity index (χ0n) is 26.3. The Kier molecular flexibility index (Phi) is 14.2. The number of esters is 1. The summed E-state index contributed by atoms with van der Waals surface area (Å²) in [5.74, 6) is 0.200. The van der Waals surface area contributed by atoms with Gasteiger partial charge in [-0.15, -0.1) is 0 Å². The molecule has 0 amide bonds. The Bertz CT molecular complexity index is 799. The lowest BCUT2D eigenvalue weighted by Crippen LogP contribution is -2.45. The molecule has 1 rings (SSSR count). The smallest absolute Gasteiger partial charge is 0.311 e. The van der Waals surface area contributed by atoms with Crippen LogP contribution in [0.3, 0.4) is 0 Å². The molecule has 0 fully saturated rings. The molecule has 0 unspecified atom stereocenters. The van der Waals surface area contributed by atoms with Crippen molar-refractivity contribution >= 4 is 14.3 Å². The normalized spacial score (nSPS) is 16.9. The predicted molar refractivity (Wildman–Crippen MR) is 158 cm³/mol. The second-order valence-corrected chi connectivity index (χ2v) is 18.2. The molecule has 0 bridgehead atoms. The van der Waals surface area contributed by atoms with Crippen molar-refractivity contribution in [2.24, 2.45) is 17.3 Å². The van der Waals surface area contributed by atoms with Crippen molar-refractivity contribution < 1.29 is 28.2 Å². The molecule has 5 atom stereocenters. The molecule has 0 saturated heterocycles. The molecule has 0 heterocycles. The summed E-state index contributed by atoms with van der Waals surface area (Å²) in [5, 5.41) is 0.169. The predicted octanol–water partition coefficient (Wildman–Crippen LogP) is 7.27. The lowest BCUT2D eigenvalue weighted by Gasteiger charge is -2.38. The van der Waals surface area contributed by atoms with Crippen molar-refractivity contribution in [1.29, 1.82) is 0 Å². The molecule has 0 aliphatic heterocycles. The second-order valence-electron chi connectivity index (χ2n) is 13.4. The molecular formula is C31H56O6Si. The quantitative estimate of drug-likeness (QED) is 0.159. The van der Waals surface area contributed by atoms with Gasteiger partial charge in [-0.2, -0.15) is 0 Å². The maximum Gasteiger partial charge on any atom is 0.311 e. The fourth-order valence-electron chi connectivity index (χ4n) is 3.88. The Morgan fingerprint density at radius 1 is 0.842 bits per heavy atom. The van der Waals surface area contributed by atoms with Gasteiger partial charge in [0.05, 0.1) is 30.8 Å². The summed E-state index contributed by atoms with van der Waals surface area (Å²) in [4.78, 5) is 12.3. The van der Waals surface area contributed by atoms with Crippen LogP contribution in [0.1, 0.15) is 73.8 Å². The molecule has 0 spiro atoms. The van der Waals surface area contributed by atoms with E-state index in [0.717, 1.165) is 12.0 Å². The summed E-state index contributed by atoms with van der Waals surface area (Å²) in [6.45, 7) is 22.7. The van der Waals surface area contributed by atoms with Crippen LogP contribution >= 0.6 is 0 Å². The lowest BCUT2D eigenvalue weighted by molar-refractivity contribution is -0.156. The molecule has 0 aliphatic carbocycles. The van der Waals surface area contributed by atoms with Crippen LogP contribution in [0.15, 0.2) is 30.3 Å². The minimum Gasteiger partial charge on any atom is -0.465 e. The van der Waals surface area contributed by atoms with Gasteiger partial charge in [0.1, 0.15) is 6.10 Å². The van der Waals surface area contributed by atoms with Crippen molar-refractivity contribution in [2.45, 2.75) is 111 Å². The third-order valence-electron chi connectivity index (χ3n) is 7.54. The molecule has 1 aromatic carbocycles. The number of methoxy groups -OCH3 is 2. The topological polar surface area (TPSA) is 63.2 Å². The standard InChI is InChI=1S/C31H56O6Si/c1-23(20-36-29(32)30(3,4)5)18-26(33-9)28(35-22-25-16-14-13-15-17-25)27(34-10)19-24(2)21-37-38(11,12)31(6,7)8/h13-17,23-24,26-28H,18-22H2,1-12H3/t23-,24-,26+,27+,28-/m1/s1. The van der Waals surface area contributed by atoms with Gasteiger partial charge in [-0.3, -0.25) is 4.79 Å². The molecule has 7 heteroatoms. The van der Waals surface area contributed by atoms with Crippen LogP contribution in [0.2, 0.25) is 18.1 Å². The van der Waals surface area contributed by atoms with Crippen molar-refractivity contribution in [3.63, 3.8) is 0 Å². The Balaban J connectivity index is 2.98. The molecule has 220 valence electrons. The first-order valence-electron chi connectivity index (χ1n) is 14.0. The Morgan fingerprint density at radius 3 is 1.79 bits per heavy atom. The molecule has 38 heavy (non-hydrogen) atoms. The summed E-state index contributed by atoms with van der Waals surface area (Å²) in [6, 6.07) is 10.2. The highest BCUT2D eigenvalue weighted by Gasteiger charge is 2.38. The highest BCUT2D eigenvalue weighted by atomic mass is 28.4. The maximum atomic E-state index is 12.3. The summed E-state index contributed by atoms with van der Waals surface area (Å²) in [7, 11) is 1.62. The number of hydrogen-bond donors (Lipinski definition) is 0. The van der Waals surface area contributed by atoms with E-state index >= 15 is 0 Å². The number of rotatable bonds is 16. The van der Waals surface area contributed by atoms with Crippen LogP contribution in [0, 0.1) is 17.3 Å². The minimum atomic E-state index is -1.84. The van der Waals surface area contributed by atoms with Gasteiger partial charge >= 0.3 is 5.97 Å². The van der Waals surface area contributed by atoms with E-state index < -0.39 is 13.7 Å². The number of carbonyl (C=O) groups excluding carboxylic acids is 1. The van der Waals surface area contributed by atoms with Crippen LogP contribution in [-0.2, 0) is 34.8 Å². The van der Waals surface area contributed by atoms with E-state index in [9.17, 15) is 4.79 Å². The Hall–Kier alpha value is -1.25. The first-order chi connectivity index (χ1) is 17.5. The van der Waals surface area contributed by atoms with Crippen molar-refractivity contribution in [2.75, 3.05) is 27.4 Å². The van der Waals surface area contributed by atoms with Crippen LogP contribution in [0.5, 0.6) is 0 Å². The van der Waals surface area contributed by atoms with Gasteiger partial charge in [0.2, 0.25) is 0 Å². The van der Waals surface area contributed by atoms with Crippen LogP contribution in [0.4, 0.5) is 0 Å². The third kappa shape index (κ3) is 11.9. The number of benzene rings is 1. The lowest BCUT2D eigenvalue weighted by atomic mass is 9.92. The molecule has 0 radical (unpaired) electrons. The minimum absolute atomic E-state index is 0.103. The van der Waals surface area contributed by atoms with E-state index in [1.165, 1.54) is 0 Å². The zero-order chi connectivity index (χ0) is 29.1. The monoisotopic (exact) mass is 552 g/mol. The van der Waals surface area contributed by atoms with E-state index in [0.29, 0.717) is 32.2 Å². The molecule has 0 aliphatic rings. The average molecular weight is 553 g/mol. The van der Waals surface area contributed by atoms with E-state index in [4.69, 9.17) is 23.4 Å². The van der Waals surface area contributed by atoms with Crippen LogP contribution in [0.25, 0.3) is 0 Å². The number of hydrogen-bond acceptors (Lipinski definition) is 6. The van der Waals surface area contributed by atoms with Crippen molar-refractivity contribution in [3.05, 3.63) is 35.9 Å². The van der Waals surface area contributed by atoms with Gasteiger partial charge in [-0.1, -0.05) is 65.0 Å². The molecule has 1 aromatic rings. The molecular weight excluding hydrogens is 496 g/mol. The molecule has 0 N–H and O–H groups in total. The highest BCUT2D eigenvalue weighted by Crippen LogP contribution is 2.37. The number of ether oxygens (including phenoxy) is 4. The van der Waals surface area contributed by atoms with Gasteiger partial charge < -0.3 is 23.4 Å². The zero-order valence-corrected chi connectivity index (χ0v) is 27.3. The largest absolute Gasteiger partial charge is 0.465 e. The highest BCUT2D eigenvalue weighted by molar-refractivity contribution is 6.74. The van der Waals surface area contributed by atoms with Crippen molar-refractivity contribution in [3.8, 4) is 0 Å². The fraction of sp³-hybridized carbons (Fsp3) is 0.774. The first kappa shape index (κ1) is 34.8. The van der Waals surface area contributed by atoms with Crippen LogP contribution < -0.4 is 0 Å². The second kappa shape index (κ2) is 15.5. The summed E-state index contributed by atoms with van der Waals surface area (Å²) in [5.41, 5.74) is 0.578. The molecule has 0 aromatic heterocycles. The Morgan fingerprint density at radius 2 is 1.34 bits per heavy atom. The summed E-state index contributed by atoms with van der Waals surface area (Å²) in [6.07, 6.45) is 0.785. The Labute approximate surface area is 234 Å². The maximum absolute atomic E-state index is 12.3. The van der Waals surface area contributed by atoms with Crippen LogP contribution in [-0.4, -0.2) is 60.0 Å². The van der Waals surface area contributed by atoms with Gasteiger partial charge in [0, 0.05) is 20.8 Å². The average Bonchev–Trinajstić information content (AvgIpc) is 2.83. The molecule has 0 saturated carbocycles. The number of carbonyl (C=O) groups is 1. The van der Waals surface area contributed by atoms with E-state index in [2.05, 4.69) is 59.8 Å². The van der Waals surface area contributed by atoms with E-state index in [1.807, 2.05) is 39.0 Å². The van der Waals surface area contributed by atoms with Crippen molar-refractivity contribution in [1.82, 2.24) is 0 Å².